The van der Waals surface area contributed by atoms with Crippen molar-refractivity contribution in [2.24, 2.45) is 5.92 Å². The van der Waals surface area contributed by atoms with Gasteiger partial charge in [0.1, 0.15) is 0 Å². The van der Waals surface area contributed by atoms with Crippen molar-refractivity contribution >= 4 is 11.8 Å². The highest BCUT2D eigenvalue weighted by Gasteiger charge is 2.23. The Morgan fingerprint density at radius 3 is 2.48 bits per heavy atom. The van der Waals surface area contributed by atoms with Crippen LogP contribution in [-0.4, -0.2) is 20.6 Å². The van der Waals surface area contributed by atoms with Gasteiger partial charge in [0.25, 0.3) is 0 Å². The number of aromatic nitrogens is 2. The van der Waals surface area contributed by atoms with Crippen LogP contribution in [0.1, 0.15) is 96.8 Å². The van der Waals surface area contributed by atoms with Crippen LogP contribution in [0.15, 0.2) is 18.7 Å². The maximum Gasteiger partial charge on any atom is 0.0945 e. The van der Waals surface area contributed by atoms with Crippen molar-refractivity contribution in [3.63, 3.8) is 0 Å². The van der Waals surface area contributed by atoms with Gasteiger partial charge in [0.15, 0.2) is 0 Å². The van der Waals surface area contributed by atoms with Crippen molar-refractivity contribution in [2.45, 2.75) is 109 Å². The SMILES string of the molecule is CCCCSC(CCCCCCCCn1ccnc1)C1CCCCC1. The molecule has 3 heteroatoms. The summed E-state index contributed by atoms with van der Waals surface area (Å²) >= 11 is 2.31. The van der Waals surface area contributed by atoms with Crippen molar-refractivity contribution in [3.8, 4) is 0 Å². The number of aryl methyl sites for hydroxylation is 1. The number of nitrogens with zero attached hydrogens (tertiary/aromatic N) is 2. The molecular weight excluding hydrogens is 324 g/mol. The van der Waals surface area contributed by atoms with Gasteiger partial charge in [-0.05, 0) is 43.8 Å². The summed E-state index contributed by atoms with van der Waals surface area (Å²) in [6.45, 7) is 3.46. The van der Waals surface area contributed by atoms with E-state index in [0.29, 0.717) is 0 Å². The Labute approximate surface area is 160 Å². The standard InChI is InChI=1S/C22H40N2S/c1-2-3-19-25-22(21-13-9-8-10-14-21)15-11-6-4-5-7-12-17-24-18-16-23-20-24/h16,18,20-22H,2-15,17,19H2,1H3. The third-order valence-electron chi connectivity index (χ3n) is 5.72. The quantitative estimate of drug-likeness (QED) is 0.328. The summed E-state index contributed by atoms with van der Waals surface area (Å²) < 4.78 is 2.20. The van der Waals surface area contributed by atoms with Crippen LogP contribution in [-0.2, 0) is 6.54 Å². The van der Waals surface area contributed by atoms with E-state index < -0.39 is 0 Å². The second-order valence-electron chi connectivity index (χ2n) is 7.87. The predicted octanol–water partition coefficient (Wildman–Crippen LogP) is 7.10. The normalized spacial score (nSPS) is 17.0. The first-order valence-corrected chi connectivity index (χ1v) is 12.0. The molecule has 25 heavy (non-hydrogen) atoms. The van der Waals surface area contributed by atoms with E-state index in [0.717, 1.165) is 17.7 Å². The van der Waals surface area contributed by atoms with Gasteiger partial charge in [-0.2, -0.15) is 11.8 Å². The fourth-order valence-electron chi connectivity index (χ4n) is 4.11. The molecule has 0 N–H and O–H groups in total. The molecule has 0 bridgehead atoms. The molecule has 0 aliphatic heterocycles. The molecule has 1 saturated carbocycles. The lowest BCUT2D eigenvalue weighted by Gasteiger charge is -2.30. The number of rotatable bonds is 14. The van der Waals surface area contributed by atoms with Crippen molar-refractivity contribution in [2.75, 3.05) is 5.75 Å². The molecule has 1 aromatic heterocycles. The zero-order valence-electron chi connectivity index (χ0n) is 16.5. The van der Waals surface area contributed by atoms with Gasteiger partial charge in [-0.3, -0.25) is 0 Å². The van der Waals surface area contributed by atoms with Crippen LogP contribution in [0.5, 0.6) is 0 Å². The molecule has 1 aromatic rings. The smallest absolute Gasteiger partial charge is 0.0945 e. The molecule has 144 valence electrons. The molecule has 1 heterocycles. The minimum absolute atomic E-state index is 0.966. The Morgan fingerprint density at radius 2 is 1.76 bits per heavy atom. The van der Waals surface area contributed by atoms with E-state index in [4.69, 9.17) is 0 Å². The van der Waals surface area contributed by atoms with Gasteiger partial charge in [0.2, 0.25) is 0 Å². The Morgan fingerprint density at radius 1 is 1.00 bits per heavy atom. The van der Waals surface area contributed by atoms with Crippen LogP contribution in [0, 0.1) is 5.92 Å². The van der Waals surface area contributed by atoms with Crippen molar-refractivity contribution in [1.82, 2.24) is 9.55 Å². The van der Waals surface area contributed by atoms with E-state index in [1.807, 2.05) is 12.5 Å². The third kappa shape index (κ3) is 9.17. The fourth-order valence-corrected chi connectivity index (χ4v) is 5.74. The average Bonchev–Trinajstić information content (AvgIpc) is 3.16. The highest BCUT2D eigenvalue weighted by atomic mass is 32.2. The van der Waals surface area contributed by atoms with Crippen molar-refractivity contribution < 1.29 is 0 Å². The lowest BCUT2D eigenvalue weighted by Crippen LogP contribution is -2.21. The number of hydrogen-bond acceptors (Lipinski definition) is 2. The highest BCUT2D eigenvalue weighted by molar-refractivity contribution is 7.99. The van der Waals surface area contributed by atoms with E-state index in [-0.39, 0.29) is 0 Å². The Kier molecular flexibility index (Phi) is 11.5. The summed E-state index contributed by atoms with van der Waals surface area (Å²) in [6.07, 6.45) is 26.0. The molecule has 2 rings (SSSR count). The lowest BCUT2D eigenvalue weighted by atomic mass is 9.85. The summed E-state index contributed by atoms with van der Waals surface area (Å²) in [4.78, 5) is 4.10. The highest BCUT2D eigenvalue weighted by Crippen LogP contribution is 2.35. The molecule has 0 radical (unpaired) electrons. The van der Waals surface area contributed by atoms with E-state index >= 15 is 0 Å². The number of unbranched alkanes of at least 4 members (excludes halogenated alkanes) is 6. The molecular formula is C22H40N2S. The van der Waals surface area contributed by atoms with Crippen LogP contribution in [0.25, 0.3) is 0 Å². The van der Waals surface area contributed by atoms with Crippen LogP contribution < -0.4 is 0 Å². The molecule has 2 nitrogen and oxygen atoms in total. The molecule has 1 fully saturated rings. The molecule has 0 amide bonds. The van der Waals surface area contributed by atoms with Gasteiger partial charge in [-0.1, -0.05) is 64.7 Å². The second kappa shape index (κ2) is 13.7. The lowest BCUT2D eigenvalue weighted by molar-refractivity contribution is 0.336. The molecule has 1 atom stereocenters. The van der Waals surface area contributed by atoms with E-state index in [1.54, 1.807) is 0 Å². The van der Waals surface area contributed by atoms with Gasteiger partial charge in [0, 0.05) is 24.2 Å². The van der Waals surface area contributed by atoms with Gasteiger partial charge >= 0.3 is 0 Å². The minimum Gasteiger partial charge on any atom is -0.337 e. The zero-order valence-corrected chi connectivity index (χ0v) is 17.3. The third-order valence-corrected chi connectivity index (χ3v) is 7.29. The van der Waals surface area contributed by atoms with Gasteiger partial charge in [-0.25, -0.2) is 4.98 Å². The van der Waals surface area contributed by atoms with Crippen LogP contribution >= 0.6 is 11.8 Å². The summed E-state index contributed by atoms with van der Waals surface area (Å²) in [5.74, 6) is 2.43. The second-order valence-corrected chi connectivity index (χ2v) is 9.22. The topological polar surface area (TPSA) is 17.8 Å². The van der Waals surface area contributed by atoms with Gasteiger partial charge in [-0.15, -0.1) is 0 Å². The van der Waals surface area contributed by atoms with Gasteiger partial charge < -0.3 is 4.57 Å². The minimum atomic E-state index is 0.966. The Bertz CT molecular complexity index is 398. The van der Waals surface area contributed by atoms with E-state index in [1.165, 1.54) is 95.6 Å². The zero-order chi connectivity index (χ0) is 17.6. The summed E-state index contributed by atoms with van der Waals surface area (Å²) in [6, 6.07) is 0. The monoisotopic (exact) mass is 364 g/mol. The average molecular weight is 365 g/mol. The summed E-state index contributed by atoms with van der Waals surface area (Å²) in [7, 11) is 0. The molecule has 0 spiro atoms. The first kappa shape index (κ1) is 20.9. The molecule has 1 aliphatic carbocycles. The number of imidazole rings is 1. The van der Waals surface area contributed by atoms with Crippen LogP contribution in [0.4, 0.5) is 0 Å². The predicted molar refractivity (Wildman–Crippen MR) is 112 cm³/mol. The largest absolute Gasteiger partial charge is 0.337 e. The van der Waals surface area contributed by atoms with E-state index in [2.05, 4.69) is 34.4 Å². The number of hydrogen-bond donors (Lipinski definition) is 0. The Hall–Kier alpha value is -0.440. The molecule has 0 aromatic carbocycles. The Balaban J connectivity index is 1.51. The van der Waals surface area contributed by atoms with Crippen LogP contribution in [0.2, 0.25) is 0 Å². The molecule has 1 unspecified atom stereocenters. The van der Waals surface area contributed by atoms with Gasteiger partial charge in [0.05, 0.1) is 6.33 Å². The first-order chi connectivity index (χ1) is 12.4. The maximum atomic E-state index is 4.10. The van der Waals surface area contributed by atoms with Crippen molar-refractivity contribution in [1.29, 1.82) is 0 Å². The summed E-state index contributed by atoms with van der Waals surface area (Å²) in [5, 5.41) is 0.966. The van der Waals surface area contributed by atoms with Crippen LogP contribution in [0.3, 0.4) is 0 Å². The first-order valence-electron chi connectivity index (χ1n) is 11.0. The van der Waals surface area contributed by atoms with E-state index in [9.17, 15) is 0 Å². The molecule has 1 aliphatic rings. The fraction of sp³-hybridized carbons (Fsp3) is 0.864. The maximum absolute atomic E-state index is 4.10. The number of thioether (sulfide) groups is 1. The molecule has 0 saturated heterocycles. The van der Waals surface area contributed by atoms with Crippen molar-refractivity contribution in [3.05, 3.63) is 18.7 Å². The summed E-state index contributed by atoms with van der Waals surface area (Å²) in [5.41, 5.74) is 0.